The Bertz CT molecular complexity index is 543. The summed E-state index contributed by atoms with van der Waals surface area (Å²) in [5.74, 6) is -1.46. The van der Waals surface area contributed by atoms with Crippen molar-refractivity contribution in [3.63, 3.8) is 0 Å². The number of rotatable bonds is 6. The average molecular weight is 304 g/mol. The Morgan fingerprint density at radius 2 is 2.14 bits per heavy atom. The number of alkyl halides is 1. The van der Waals surface area contributed by atoms with Gasteiger partial charge in [0.2, 0.25) is 0 Å². The van der Waals surface area contributed by atoms with Crippen LogP contribution < -0.4 is 5.73 Å². The quantitative estimate of drug-likeness (QED) is 0.875. The second kappa shape index (κ2) is 7.48. The highest BCUT2D eigenvalue weighted by molar-refractivity contribution is 5.87. The van der Waals surface area contributed by atoms with Crippen LogP contribution in [-0.4, -0.2) is 24.1 Å². The molecule has 2 rings (SSSR count). The van der Waals surface area contributed by atoms with E-state index < -0.39 is 30.2 Å². The van der Waals surface area contributed by atoms with Crippen LogP contribution in [0, 0.1) is 23.2 Å². The summed E-state index contributed by atoms with van der Waals surface area (Å²) in [6.45, 7) is 2.09. The van der Waals surface area contributed by atoms with Crippen LogP contribution in [0.1, 0.15) is 25.3 Å². The van der Waals surface area contributed by atoms with E-state index in [2.05, 4.69) is 0 Å². The highest BCUT2D eigenvalue weighted by atomic mass is 19.1. The second-order valence-corrected chi connectivity index (χ2v) is 5.84. The molecule has 0 bridgehead atoms. The topological polar surface area (TPSA) is 76.1 Å². The molecule has 1 aromatic rings. The first-order chi connectivity index (χ1) is 10.5. The number of benzene rings is 1. The molecule has 0 radical (unpaired) electrons. The van der Waals surface area contributed by atoms with E-state index in [9.17, 15) is 9.18 Å². The number of carbonyl (C=O) groups excluding carboxylic acids is 1. The Hall–Kier alpha value is -1.77. The molecule has 0 heterocycles. The number of hydrogen-bond acceptors (Lipinski definition) is 4. The lowest BCUT2D eigenvalue weighted by Gasteiger charge is -2.23. The molecule has 1 aliphatic carbocycles. The van der Waals surface area contributed by atoms with Gasteiger partial charge in [0.15, 0.2) is 5.78 Å². The molecule has 22 heavy (non-hydrogen) atoms. The first-order valence-corrected chi connectivity index (χ1v) is 7.51. The second-order valence-electron chi connectivity index (χ2n) is 5.84. The summed E-state index contributed by atoms with van der Waals surface area (Å²) in [5, 5.41) is 9.03. The fraction of sp³-hybridized carbons (Fsp3) is 0.529. The molecule has 0 saturated heterocycles. The number of carbonyl (C=O) groups is 1. The van der Waals surface area contributed by atoms with Gasteiger partial charge < -0.3 is 10.5 Å². The Morgan fingerprint density at radius 1 is 1.45 bits per heavy atom. The van der Waals surface area contributed by atoms with Gasteiger partial charge in [-0.05, 0) is 25.3 Å². The van der Waals surface area contributed by atoms with Crippen LogP contribution in [0.15, 0.2) is 30.3 Å². The van der Waals surface area contributed by atoms with Gasteiger partial charge in [0, 0.05) is 5.92 Å². The minimum atomic E-state index is -1.09. The first kappa shape index (κ1) is 16.6. The van der Waals surface area contributed by atoms with Gasteiger partial charge in [-0.1, -0.05) is 30.3 Å². The largest absolute Gasteiger partial charge is 0.372 e. The SMILES string of the molecule is C[C@@H](OCc1ccccc1)[C@H](N)C(=O)C1C[C@@H](F)C[C@H]1C#N. The molecule has 0 spiro atoms. The molecule has 5 atom stereocenters. The summed E-state index contributed by atoms with van der Waals surface area (Å²) in [5.41, 5.74) is 6.95. The Morgan fingerprint density at radius 3 is 2.77 bits per heavy atom. The maximum absolute atomic E-state index is 13.4. The molecule has 0 aromatic heterocycles. The Kier molecular flexibility index (Phi) is 5.64. The van der Waals surface area contributed by atoms with E-state index in [1.165, 1.54) is 0 Å². The molecule has 2 N–H and O–H groups in total. The van der Waals surface area contributed by atoms with Crippen molar-refractivity contribution in [3.8, 4) is 6.07 Å². The number of hydrogen-bond donors (Lipinski definition) is 1. The zero-order valence-corrected chi connectivity index (χ0v) is 12.6. The number of halogens is 1. The Balaban J connectivity index is 1.91. The maximum Gasteiger partial charge on any atom is 0.156 e. The summed E-state index contributed by atoms with van der Waals surface area (Å²) >= 11 is 0. The van der Waals surface area contributed by atoms with Gasteiger partial charge in [-0.2, -0.15) is 5.26 Å². The summed E-state index contributed by atoms with van der Waals surface area (Å²) in [6, 6.07) is 10.8. The van der Waals surface area contributed by atoms with Crippen LogP contribution in [0.5, 0.6) is 0 Å². The lowest BCUT2D eigenvalue weighted by atomic mass is 9.88. The van der Waals surface area contributed by atoms with E-state index in [0.717, 1.165) is 5.56 Å². The average Bonchev–Trinajstić information content (AvgIpc) is 2.93. The summed E-state index contributed by atoms with van der Waals surface area (Å²) in [7, 11) is 0. The van der Waals surface area contributed by atoms with E-state index in [4.69, 9.17) is 15.7 Å². The van der Waals surface area contributed by atoms with Crippen molar-refractivity contribution in [2.45, 2.75) is 44.7 Å². The number of ether oxygens (including phenoxy) is 1. The van der Waals surface area contributed by atoms with Crippen molar-refractivity contribution in [1.82, 2.24) is 0 Å². The first-order valence-electron chi connectivity index (χ1n) is 7.51. The molecule has 1 aromatic carbocycles. The van der Waals surface area contributed by atoms with E-state index in [0.29, 0.717) is 6.61 Å². The molecular formula is C17H21FN2O2. The molecule has 4 nitrogen and oxygen atoms in total. The lowest BCUT2D eigenvalue weighted by Crippen LogP contribution is -2.45. The molecule has 1 unspecified atom stereocenters. The minimum Gasteiger partial charge on any atom is -0.372 e. The van der Waals surface area contributed by atoms with Crippen molar-refractivity contribution in [3.05, 3.63) is 35.9 Å². The summed E-state index contributed by atoms with van der Waals surface area (Å²) < 4.78 is 19.1. The number of ketones is 1. The number of nitriles is 1. The molecule has 1 saturated carbocycles. The fourth-order valence-electron chi connectivity index (χ4n) is 2.82. The van der Waals surface area contributed by atoms with E-state index in [1.807, 2.05) is 36.4 Å². The molecule has 1 aliphatic rings. The van der Waals surface area contributed by atoms with E-state index in [-0.39, 0.29) is 18.6 Å². The smallest absolute Gasteiger partial charge is 0.156 e. The molecule has 5 heteroatoms. The van der Waals surface area contributed by atoms with Gasteiger partial charge in [0.25, 0.3) is 0 Å². The fourth-order valence-corrected chi connectivity index (χ4v) is 2.82. The van der Waals surface area contributed by atoms with E-state index in [1.54, 1.807) is 6.92 Å². The zero-order chi connectivity index (χ0) is 16.1. The molecular weight excluding hydrogens is 283 g/mol. The number of Topliss-reactive ketones (excluding diaryl/α,β-unsaturated/α-hetero) is 1. The predicted octanol–water partition coefficient (Wildman–Crippen LogP) is 2.38. The van der Waals surface area contributed by atoms with Crippen LogP contribution >= 0.6 is 0 Å². The lowest BCUT2D eigenvalue weighted by molar-refractivity contribution is -0.128. The standard InChI is InChI=1S/C17H21FN2O2/c1-11(22-10-12-5-3-2-4-6-12)16(20)17(21)15-8-14(18)7-13(15)9-19/h2-6,11,13-16H,7-8,10,20H2,1H3/t11-,13+,14+,15?,16+/m1/s1. The predicted molar refractivity (Wildman–Crippen MR) is 80.4 cm³/mol. The van der Waals surface area contributed by atoms with Crippen LogP contribution in [0.4, 0.5) is 4.39 Å². The van der Waals surface area contributed by atoms with Crippen molar-refractivity contribution >= 4 is 5.78 Å². The highest BCUT2D eigenvalue weighted by Crippen LogP contribution is 2.35. The van der Waals surface area contributed by atoms with Crippen LogP contribution in [0.2, 0.25) is 0 Å². The van der Waals surface area contributed by atoms with Crippen LogP contribution in [-0.2, 0) is 16.1 Å². The van der Waals surface area contributed by atoms with E-state index >= 15 is 0 Å². The third-order valence-corrected chi connectivity index (χ3v) is 4.23. The van der Waals surface area contributed by atoms with Crippen LogP contribution in [0.25, 0.3) is 0 Å². The minimum absolute atomic E-state index is 0.0934. The van der Waals surface area contributed by atoms with Gasteiger partial charge in [-0.25, -0.2) is 4.39 Å². The maximum atomic E-state index is 13.4. The number of nitrogens with zero attached hydrogens (tertiary/aromatic N) is 1. The van der Waals surface area contributed by atoms with Crippen molar-refractivity contribution in [2.24, 2.45) is 17.6 Å². The molecule has 0 amide bonds. The monoisotopic (exact) mass is 304 g/mol. The number of nitrogens with two attached hydrogens (primary N) is 1. The van der Waals surface area contributed by atoms with Crippen molar-refractivity contribution in [1.29, 1.82) is 5.26 Å². The summed E-state index contributed by atoms with van der Waals surface area (Å²) in [6.07, 6.45) is -1.35. The third-order valence-electron chi connectivity index (χ3n) is 4.23. The van der Waals surface area contributed by atoms with Gasteiger partial charge in [-0.3, -0.25) is 4.79 Å². The van der Waals surface area contributed by atoms with Crippen LogP contribution in [0.3, 0.4) is 0 Å². The third kappa shape index (κ3) is 3.90. The molecule has 0 aliphatic heterocycles. The zero-order valence-electron chi connectivity index (χ0n) is 12.6. The normalized spacial score (nSPS) is 27.1. The Labute approximate surface area is 130 Å². The van der Waals surface area contributed by atoms with Gasteiger partial charge in [0.1, 0.15) is 6.17 Å². The molecule has 118 valence electrons. The highest BCUT2D eigenvalue weighted by Gasteiger charge is 2.41. The summed E-state index contributed by atoms with van der Waals surface area (Å²) in [4.78, 5) is 12.4. The van der Waals surface area contributed by atoms with Gasteiger partial charge >= 0.3 is 0 Å². The van der Waals surface area contributed by atoms with Crippen molar-refractivity contribution < 1.29 is 13.9 Å². The van der Waals surface area contributed by atoms with Crippen molar-refractivity contribution in [2.75, 3.05) is 0 Å². The molecule has 1 fully saturated rings. The van der Waals surface area contributed by atoms with Gasteiger partial charge in [-0.15, -0.1) is 0 Å². The van der Waals surface area contributed by atoms with Gasteiger partial charge in [0.05, 0.1) is 30.7 Å².